The number of anilines is 2. The molecule has 6 heteroatoms. The van der Waals surface area contributed by atoms with Crippen LogP contribution in [0, 0.1) is 0 Å². The third-order valence-electron chi connectivity index (χ3n) is 4.40. The van der Waals surface area contributed by atoms with Gasteiger partial charge in [-0.3, -0.25) is 4.79 Å². The predicted molar refractivity (Wildman–Crippen MR) is 111 cm³/mol. The number of carbonyl (C=O) groups is 1. The van der Waals surface area contributed by atoms with Gasteiger partial charge in [0.15, 0.2) is 0 Å². The first-order valence-corrected chi connectivity index (χ1v) is 9.29. The summed E-state index contributed by atoms with van der Waals surface area (Å²) in [5.74, 6) is 1.07. The second-order valence-electron chi connectivity index (χ2n) is 6.44. The monoisotopic (exact) mass is 384 g/mol. The van der Waals surface area contributed by atoms with Crippen molar-refractivity contribution in [2.75, 3.05) is 10.2 Å². The van der Waals surface area contributed by atoms with E-state index in [2.05, 4.69) is 15.3 Å². The highest BCUT2D eigenvalue weighted by molar-refractivity contribution is 6.05. The molecule has 0 saturated heterocycles. The van der Waals surface area contributed by atoms with E-state index in [-0.39, 0.29) is 5.91 Å². The Hall–Kier alpha value is -3.93. The normalized spacial score (nSPS) is 10.5. The number of benzene rings is 2. The number of carbonyl (C=O) groups excluding carboxylic acids is 1. The standard InChI is InChI=1S/C23H20N4O2/c28-22(19-14-24-23(25-15-19)26-16-21-12-7-13-29-21)27(20-10-5-2-6-11-20)17-18-8-3-1-4-9-18/h1-15H,16-17H2,(H,24,25,26). The van der Waals surface area contributed by atoms with Gasteiger partial charge in [0.2, 0.25) is 5.95 Å². The van der Waals surface area contributed by atoms with Gasteiger partial charge in [0.05, 0.1) is 24.9 Å². The van der Waals surface area contributed by atoms with Gasteiger partial charge in [-0.2, -0.15) is 0 Å². The van der Waals surface area contributed by atoms with Gasteiger partial charge in [-0.15, -0.1) is 0 Å². The SMILES string of the molecule is O=C(c1cnc(NCc2ccco2)nc1)N(Cc1ccccc1)c1ccccc1. The number of hydrogen-bond donors (Lipinski definition) is 1. The van der Waals surface area contributed by atoms with Gasteiger partial charge < -0.3 is 14.6 Å². The Morgan fingerprint density at radius 3 is 2.24 bits per heavy atom. The van der Waals surface area contributed by atoms with Gasteiger partial charge in [0.25, 0.3) is 5.91 Å². The summed E-state index contributed by atoms with van der Waals surface area (Å²) in [6, 6.07) is 23.2. The number of furan rings is 1. The van der Waals surface area contributed by atoms with E-state index in [4.69, 9.17) is 4.42 Å². The highest BCUT2D eigenvalue weighted by atomic mass is 16.3. The first-order valence-electron chi connectivity index (χ1n) is 9.29. The van der Waals surface area contributed by atoms with Gasteiger partial charge in [-0.1, -0.05) is 48.5 Å². The lowest BCUT2D eigenvalue weighted by Crippen LogP contribution is -2.30. The lowest BCUT2D eigenvalue weighted by molar-refractivity contribution is 0.0984. The molecule has 29 heavy (non-hydrogen) atoms. The summed E-state index contributed by atoms with van der Waals surface area (Å²) in [5.41, 5.74) is 2.29. The fourth-order valence-corrected chi connectivity index (χ4v) is 2.92. The lowest BCUT2D eigenvalue weighted by Gasteiger charge is -2.23. The van der Waals surface area contributed by atoms with E-state index in [1.807, 2.05) is 72.8 Å². The average molecular weight is 384 g/mol. The molecular weight excluding hydrogens is 364 g/mol. The molecule has 0 aliphatic carbocycles. The molecular formula is C23H20N4O2. The van der Waals surface area contributed by atoms with Crippen LogP contribution in [-0.2, 0) is 13.1 Å². The first-order chi connectivity index (χ1) is 14.3. The molecule has 0 saturated carbocycles. The molecule has 0 bridgehead atoms. The van der Waals surface area contributed by atoms with Crippen molar-refractivity contribution < 1.29 is 9.21 Å². The molecule has 2 aromatic carbocycles. The first kappa shape index (κ1) is 18.4. The van der Waals surface area contributed by atoms with Crippen LogP contribution in [0.15, 0.2) is 95.9 Å². The molecule has 4 rings (SSSR count). The molecule has 0 radical (unpaired) electrons. The molecule has 4 aromatic rings. The Balaban J connectivity index is 1.52. The molecule has 2 heterocycles. The molecule has 0 unspecified atom stereocenters. The van der Waals surface area contributed by atoms with Crippen molar-refractivity contribution in [2.45, 2.75) is 13.1 Å². The van der Waals surface area contributed by atoms with Crippen molar-refractivity contribution in [2.24, 2.45) is 0 Å². The van der Waals surface area contributed by atoms with Gasteiger partial charge in [0, 0.05) is 18.1 Å². The minimum absolute atomic E-state index is 0.155. The van der Waals surface area contributed by atoms with Gasteiger partial charge >= 0.3 is 0 Å². The van der Waals surface area contributed by atoms with Gasteiger partial charge in [-0.25, -0.2) is 9.97 Å². The van der Waals surface area contributed by atoms with Crippen LogP contribution < -0.4 is 10.2 Å². The van der Waals surface area contributed by atoms with Gasteiger partial charge in [-0.05, 0) is 29.8 Å². The quantitative estimate of drug-likeness (QED) is 0.507. The number of para-hydroxylation sites is 1. The van der Waals surface area contributed by atoms with Crippen LogP contribution in [0.5, 0.6) is 0 Å². The number of nitrogens with one attached hydrogen (secondary N) is 1. The number of nitrogens with zero attached hydrogens (tertiary/aromatic N) is 3. The Labute approximate surface area is 168 Å². The van der Waals surface area contributed by atoms with Crippen molar-refractivity contribution in [3.05, 3.63) is 108 Å². The average Bonchev–Trinajstić information content (AvgIpc) is 3.31. The minimum atomic E-state index is -0.155. The molecule has 144 valence electrons. The molecule has 1 amide bonds. The molecule has 6 nitrogen and oxygen atoms in total. The summed E-state index contributed by atoms with van der Waals surface area (Å²) in [4.78, 5) is 23.5. The molecule has 0 fully saturated rings. The molecule has 2 aromatic heterocycles. The van der Waals surface area contributed by atoms with Crippen molar-refractivity contribution in [1.82, 2.24) is 9.97 Å². The Bertz CT molecular complexity index is 1030. The Morgan fingerprint density at radius 1 is 0.897 bits per heavy atom. The zero-order valence-corrected chi connectivity index (χ0v) is 15.7. The van der Waals surface area contributed by atoms with Crippen molar-refractivity contribution in [3.8, 4) is 0 Å². The zero-order valence-electron chi connectivity index (χ0n) is 15.7. The van der Waals surface area contributed by atoms with E-state index in [1.54, 1.807) is 23.6 Å². The summed E-state index contributed by atoms with van der Waals surface area (Å²) in [5, 5.41) is 3.07. The third kappa shape index (κ3) is 4.68. The molecule has 0 spiro atoms. The van der Waals surface area contributed by atoms with E-state index < -0.39 is 0 Å². The highest BCUT2D eigenvalue weighted by Gasteiger charge is 2.19. The van der Waals surface area contributed by atoms with Crippen LogP contribution in [0.1, 0.15) is 21.7 Å². The second kappa shape index (κ2) is 8.84. The van der Waals surface area contributed by atoms with Gasteiger partial charge in [0.1, 0.15) is 5.76 Å². The van der Waals surface area contributed by atoms with Crippen LogP contribution in [-0.4, -0.2) is 15.9 Å². The minimum Gasteiger partial charge on any atom is -0.467 e. The van der Waals surface area contributed by atoms with E-state index in [1.165, 1.54) is 0 Å². The molecule has 0 aliphatic heterocycles. The van der Waals surface area contributed by atoms with Crippen LogP contribution in [0.3, 0.4) is 0 Å². The fraction of sp³-hybridized carbons (Fsp3) is 0.0870. The van der Waals surface area contributed by atoms with Crippen molar-refractivity contribution in [1.29, 1.82) is 0 Å². The summed E-state index contributed by atoms with van der Waals surface area (Å²) < 4.78 is 5.28. The molecule has 1 N–H and O–H groups in total. The van der Waals surface area contributed by atoms with E-state index in [0.717, 1.165) is 17.0 Å². The topological polar surface area (TPSA) is 71.3 Å². The molecule has 0 aliphatic rings. The summed E-state index contributed by atoms with van der Waals surface area (Å²) in [7, 11) is 0. The maximum Gasteiger partial charge on any atom is 0.261 e. The second-order valence-corrected chi connectivity index (χ2v) is 6.44. The lowest BCUT2D eigenvalue weighted by atomic mass is 10.1. The summed E-state index contributed by atoms with van der Waals surface area (Å²) in [6.07, 6.45) is 4.70. The van der Waals surface area contributed by atoms with Crippen LogP contribution in [0.2, 0.25) is 0 Å². The summed E-state index contributed by atoms with van der Waals surface area (Å²) in [6.45, 7) is 0.937. The fourth-order valence-electron chi connectivity index (χ4n) is 2.92. The van der Waals surface area contributed by atoms with Crippen molar-refractivity contribution >= 4 is 17.5 Å². The number of rotatable bonds is 7. The zero-order chi connectivity index (χ0) is 19.9. The number of hydrogen-bond acceptors (Lipinski definition) is 5. The summed E-state index contributed by atoms with van der Waals surface area (Å²) >= 11 is 0. The maximum atomic E-state index is 13.2. The van der Waals surface area contributed by atoms with E-state index in [9.17, 15) is 4.79 Å². The largest absolute Gasteiger partial charge is 0.467 e. The van der Waals surface area contributed by atoms with E-state index in [0.29, 0.717) is 24.6 Å². The predicted octanol–water partition coefficient (Wildman–Crippen LogP) is 4.53. The maximum absolute atomic E-state index is 13.2. The molecule has 0 atom stereocenters. The Kier molecular flexibility index (Phi) is 5.62. The Morgan fingerprint density at radius 2 is 1.59 bits per heavy atom. The smallest absolute Gasteiger partial charge is 0.261 e. The number of aromatic nitrogens is 2. The number of amides is 1. The van der Waals surface area contributed by atoms with E-state index >= 15 is 0 Å². The highest BCUT2D eigenvalue weighted by Crippen LogP contribution is 2.20. The van der Waals surface area contributed by atoms with Crippen LogP contribution in [0.25, 0.3) is 0 Å². The van der Waals surface area contributed by atoms with Crippen LogP contribution in [0.4, 0.5) is 11.6 Å². The van der Waals surface area contributed by atoms with Crippen molar-refractivity contribution in [3.63, 3.8) is 0 Å². The van der Waals surface area contributed by atoms with Crippen LogP contribution >= 0.6 is 0 Å². The third-order valence-corrected chi connectivity index (χ3v) is 4.40.